The lowest BCUT2D eigenvalue weighted by atomic mass is 9.95. The van der Waals surface area contributed by atoms with Gasteiger partial charge in [0, 0.05) is 16.8 Å². The van der Waals surface area contributed by atoms with Crippen molar-refractivity contribution < 1.29 is 14.3 Å². The van der Waals surface area contributed by atoms with E-state index in [0.29, 0.717) is 16.7 Å². The van der Waals surface area contributed by atoms with Crippen LogP contribution in [0.3, 0.4) is 0 Å². The van der Waals surface area contributed by atoms with Crippen molar-refractivity contribution in [2.45, 2.75) is 19.8 Å². The van der Waals surface area contributed by atoms with Gasteiger partial charge < -0.3 is 14.3 Å². The molecule has 0 amide bonds. The summed E-state index contributed by atoms with van der Waals surface area (Å²) >= 11 is 0. The van der Waals surface area contributed by atoms with E-state index in [9.17, 15) is 9.90 Å². The van der Waals surface area contributed by atoms with Crippen LogP contribution in [0.2, 0.25) is 0 Å². The summed E-state index contributed by atoms with van der Waals surface area (Å²) in [5.74, 6) is 0.954. The quantitative estimate of drug-likeness (QED) is 0.574. The second kappa shape index (κ2) is 4.81. The van der Waals surface area contributed by atoms with Gasteiger partial charge >= 0.3 is 5.63 Å². The van der Waals surface area contributed by atoms with E-state index in [1.165, 1.54) is 6.07 Å². The van der Waals surface area contributed by atoms with Crippen molar-refractivity contribution >= 4 is 21.7 Å². The number of aromatic hydroxyl groups is 1. The highest BCUT2D eigenvalue weighted by atomic mass is 16.5. The summed E-state index contributed by atoms with van der Waals surface area (Å²) in [5, 5.41) is 12.0. The summed E-state index contributed by atoms with van der Waals surface area (Å²) in [4.78, 5) is 12.1. The molecule has 108 valence electrons. The molecule has 2 aromatic carbocycles. The number of ether oxygens (including phenoxy) is 1. The number of methoxy groups -OCH3 is 1. The summed E-state index contributed by atoms with van der Waals surface area (Å²) in [6.45, 7) is 4.07. The lowest BCUT2D eigenvalue weighted by Crippen LogP contribution is -2.02. The van der Waals surface area contributed by atoms with Crippen LogP contribution >= 0.6 is 0 Å². The van der Waals surface area contributed by atoms with Crippen LogP contribution in [0.15, 0.2) is 39.5 Å². The third-order valence-corrected chi connectivity index (χ3v) is 3.66. The minimum Gasteiger partial charge on any atom is -0.508 e. The molecule has 0 unspecified atom stereocenters. The van der Waals surface area contributed by atoms with Gasteiger partial charge in [-0.15, -0.1) is 0 Å². The van der Waals surface area contributed by atoms with Crippen LogP contribution in [0.4, 0.5) is 0 Å². The van der Waals surface area contributed by atoms with E-state index in [4.69, 9.17) is 9.15 Å². The van der Waals surface area contributed by atoms with E-state index in [1.807, 2.05) is 19.9 Å². The molecule has 21 heavy (non-hydrogen) atoms. The van der Waals surface area contributed by atoms with Gasteiger partial charge in [-0.05, 0) is 35.7 Å². The lowest BCUT2D eigenvalue weighted by Gasteiger charge is -2.13. The zero-order valence-electron chi connectivity index (χ0n) is 12.1. The Morgan fingerprint density at radius 3 is 2.57 bits per heavy atom. The Bertz CT molecular complexity index is 891. The van der Waals surface area contributed by atoms with Crippen LogP contribution < -0.4 is 10.4 Å². The van der Waals surface area contributed by atoms with Gasteiger partial charge in [-0.3, -0.25) is 0 Å². The molecule has 0 bridgehead atoms. The molecule has 3 rings (SSSR count). The van der Waals surface area contributed by atoms with Gasteiger partial charge in [0.05, 0.1) is 12.5 Å². The summed E-state index contributed by atoms with van der Waals surface area (Å²) in [5.41, 5.74) is 0.914. The number of phenols is 1. The second-order valence-electron chi connectivity index (χ2n) is 5.36. The molecule has 0 aliphatic carbocycles. The van der Waals surface area contributed by atoms with E-state index in [-0.39, 0.29) is 11.7 Å². The fourth-order valence-electron chi connectivity index (χ4n) is 2.64. The zero-order chi connectivity index (χ0) is 15.1. The molecule has 4 heteroatoms. The van der Waals surface area contributed by atoms with Gasteiger partial charge in [0.25, 0.3) is 0 Å². The maximum absolute atomic E-state index is 12.1. The molecule has 0 aliphatic heterocycles. The van der Waals surface area contributed by atoms with E-state index in [0.717, 1.165) is 16.3 Å². The number of hydrogen-bond donors (Lipinski definition) is 1. The molecule has 0 fully saturated rings. The second-order valence-corrected chi connectivity index (χ2v) is 5.36. The van der Waals surface area contributed by atoms with E-state index in [1.54, 1.807) is 25.3 Å². The molecular weight excluding hydrogens is 268 g/mol. The number of phenolic OH excluding ortho intramolecular Hbond substituents is 1. The van der Waals surface area contributed by atoms with Crippen molar-refractivity contribution in [2.75, 3.05) is 7.11 Å². The van der Waals surface area contributed by atoms with Crippen molar-refractivity contribution in [3.8, 4) is 11.5 Å². The van der Waals surface area contributed by atoms with Crippen LogP contribution in [0.25, 0.3) is 21.7 Å². The molecular formula is C17H16O4. The molecule has 0 radical (unpaired) electrons. The maximum atomic E-state index is 12.1. The predicted molar refractivity (Wildman–Crippen MR) is 82.3 cm³/mol. The SMILES string of the molecule is COc1ccc2c(=O)oc3cc(O)cc(C(C)C)c3c2c1. The Labute approximate surface area is 121 Å². The molecule has 0 atom stereocenters. The minimum absolute atomic E-state index is 0.0941. The Kier molecular flexibility index (Phi) is 3.09. The first-order chi connectivity index (χ1) is 10.0. The summed E-state index contributed by atoms with van der Waals surface area (Å²) in [6, 6.07) is 8.46. The molecule has 1 N–H and O–H groups in total. The maximum Gasteiger partial charge on any atom is 0.344 e. The Morgan fingerprint density at radius 2 is 1.90 bits per heavy atom. The highest BCUT2D eigenvalue weighted by molar-refractivity contribution is 6.07. The first kappa shape index (κ1) is 13.5. The average molecular weight is 284 g/mol. The Morgan fingerprint density at radius 1 is 1.14 bits per heavy atom. The molecule has 1 heterocycles. The molecule has 1 aromatic heterocycles. The highest BCUT2D eigenvalue weighted by Crippen LogP contribution is 2.35. The van der Waals surface area contributed by atoms with Crippen molar-refractivity contribution in [3.05, 3.63) is 46.3 Å². The monoisotopic (exact) mass is 284 g/mol. The average Bonchev–Trinajstić information content (AvgIpc) is 2.45. The summed E-state index contributed by atoms with van der Waals surface area (Å²) in [6.07, 6.45) is 0. The highest BCUT2D eigenvalue weighted by Gasteiger charge is 2.15. The van der Waals surface area contributed by atoms with Gasteiger partial charge in [-0.1, -0.05) is 13.8 Å². The number of hydrogen-bond acceptors (Lipinski definition) is 4. The third kappa shape index (κ3) is 2.13. The molecule has 0 spiro atoms. The third-order valence-electron chi connectivity index (χ3n) is 3.66. The predicted octanol–water partition coefficient (Wildman–Crippen LogP) is 3.78. The molecule has 0 aliphatic rings. The van der Waals surface area contributed by atoms with Gasteiger partial charge in [0.15, 0.2) is 0 Å². The van der Waals surface area contributed by atoms with E-state index >= 15 is 0 Å². The normalized spacial score (nSPS) is 11.4. The van der Waals surface area contributed by atoms with Crippen LogP contribution in [0, 0.1) is 0 Å². The number of rotatable bonds is 2. The molecule has 0 saturated carbocycles. The number of benzene rings is 2. The minimum atomic E-state index is -0.416. The fraction of sp³-hybridized carbons (Fsp3) is 0.235. The van der Waals surface area contributed by atoms with Crippen molar-refractivity contribution in [3.63, 3.8) is 0 Å². The Balaban J connectivity index is 2.58. The fourth-order valence-corrected chi connectivity index (χ4v) is 2.64. The number of fused-ring (bicyclic) bond motifs is 3. The van der Waals surface area contributed by atoms with Crippen LogP contribution in [-0.2, 0) is 0 Å². The standard InChI is InChI=1S/C17H16O4/c1-9(2)13-6-10(18)7-15-16(13)14-8-11(20-3)4-5-12(14)17(19)21-15/h4-9,18H,1-3H3. The summed E-state index contributed by atoms with van der Waals surface area (Å²) < 4.78 is 10.6. The largest absolute Gasteiger partial charge is 0.508 e. The first-order valence-corrected chi connectivity index (χ1v) is 6.78. The van der Waals surface area contributed by atoms with Crippen molar-refractivity contribution in [1.29, 1.82) is 0 Å². The lowest BCUT2D eigenvalue weighted by molar-refractivity contribution is 0.415. The van der Waals surface area contributed by atoms with Crippen molar-refractivity contribution in [1.82, 2.24) is 0 Å². The van der Waals surface area contributed by atoms with Gasteiger partial charge in [0.1, 0.15) is 17.1 Å². The molecule has 3 aromatic rings. The Hall–Kier alpha value is -2.49. The van der Waals surface area contributed by atoms with Crippen LogP contribution in [0.1, 0.15) is 25.3 Å². The smallest absolute Gasteiger partial charge is 0.344 e. The molecule has 0 saturated heterocycles. The first-order valence-electron chi connectivity index (χ1n) is 6.78. The van der Waals surface area contributed by atoms with Crippen molar-refractivity contribution in [2.24, 2.45) is 0 Å². The van der Waals surface area contributed by atoms with E-state index in [2.05, 4.69) is 0 Å². The zero-order valence-corrected chi connectivity index (χ0v) is 12.1. The van der Waals surface area contributed by atoms with Gasteiger partial charge in [-0.2, -0.15) is 0 Å². The summed E-state index contributed by atoms with van der Waals surface area (Å²) in [7, 11) is 1.59. The van der Waals surface area contributed by atoms with Crippen LogP contribution in [-0.4, -0.2) is 12.2 Å². The topological polar surface area (TPSA) is 59.7 Å². The van der Waals surface area contributed by atoms with Gasteiger partial charge in [0.2, 0.25) is 0 Å². The van der Waals surface area contributed by atoms with Gasteiger partial charge in [-0.25, -0.2) is 4.79 Å². The molecule has 4 nitrogen and oxygen atoms in total. The van der Waals surface area contributed by atoms with E-state index < -0.39 is 5.63 Å². The van der Waals surface area contributed by atoms with Crippen LogP contribution in [0.5, 0.6) is 11.5 Å².